The maximum Gasteiger partial charge on any atom is 0.243 e. The van der Waals surface area contributed by atoms with E-state index < -0.39 is 10.0 Å². The molecule has 1 heterocycles. The van der Waals surface area contributed by atoms with E-state index in [0.29, 0.717) is 61.5 Å². The standard InChI is InChI=1S/C24H31ClN2O6S/c1-17(2)33-23-9-7-20(34(29,30)27-10-13-31-14-11-27)16-22(23)26-24(28)5-4-12-32-19-6-8-21(25)18(3)15-19/h6-9,15-17H,4-5,10-14H2,1-3H3,(H,26,28). The maximum atomic E-state index is 13.0. The highest BCUT2D eigenvalue weighted by atomic mass is 35.5. The molecule has 1 saturated heterocycles. The summed E-state index contributed by atoms with van der Waals surface area (Å²) in [5.74, 6) is 0.846. The number of carbonyl (C=O) groups excluding carboxylic acids is 1. The van der Waals surface area contributed by atoms with Crippen LogP contribution in [-0.2, 0) is 19.6 Å². The van der Waals surface area contributed by atoms with Crippen molar-refractivity contribution in [3.8, 4) is 11.5 Å². The summed E-state index contributed by atoms with van der Waals surface area (Å²) in [5.41, 5.74) is 1.24. The monoisotopic (exact) mass is 510 g/mol. The number of rotatable bonds is 10. The van der Waals surface area contributed by atoms with Gasteiger partial charge in [-0.25, -0.2) is 8.42 Å². The molecule has 0 radical (unpaired) electrons. The molecule has 0 atom stereocenters. The largest absolute Gasteiger partial charge is 0.494 e. The second-order valence-corrected chi connectivity index (χ2v) is 10.6. The summed E-state index contributed by atoms with van der Waals surface area (Å²) in [6.07, 6.45) is 0.543. The highest BCUT2D eigenvalue weighted by molar-refractivity contribution is 7.89. The van der Waals surface area contributed by atoms with Crippen LogP contribution in [-0.4, -0.2) is 57.6 Å². The van der Waals surface area contributed by atoms with Gasteiger partial charge in [0.25, 0.3) is 0 Å². The van der Waals surface area contributed by atoms with Crippen molar-refractivity contribution in [2.45, 2.75) is 44.6 Å². The minimum Gasteiger partial charge on any atom is -0.494 e. The van der Waals surface area contributed by atoms with E-state index in [1.165, 1.54) is 16.4 Å². The molecule has 1 aliphatic rings. The molecule has 1 fully saturated rings. The summed E-state index contributed by atoms with van der Waals surface area (Å²) in [7, 11) is -3.71. The Morgan fingerprint density at radius 3 is 2.59 bits per heavy atom. The Morgan fingerprint density at radius 1 is 1.18 bits per heavy atom. The van der Waals surface area contributed by atoms with Crippen LogP contribution in [0.5, 0.6) is 11.5 Å². The van der Waals surface area contributed by atoms with Gasteiger partial charge in [-0.3, -0.25) is 4.79 Å². The highest BCUT2D eigenvalue weighted by Crippen LogP contribution is 2.30. The summed E-state index contributed by atoms with van der Waals surface area (Å²) in [4.78, 5) is 12.7. The fourth-order valence-corrected chi connectivity index (χ4v) is 4.95. The van der Waals surface area contributed by atoms with Crippen molar-refractivity contribution in [3.05, 3.63) is 47.0 Å². The number of amides is 1. The number of anilines is 1. The Balaban J connectivity index is 1.65. The molecular formula is C24H31ClN2O6S. The quantitative estimate of drug-likeness (QED) is 0.480. The maximum absolute atomic E-state index is 13.0. The molecule has 1 N–H and O–H groups in total. The first-order valence-corrected chi connectivity index (χ1v) is 13.1. The Hall–Kier alpha value is -2.33. The highest BCUT2D eigenvalue weighted by Gasteiger charge is 2.27. The lowest BCUT2D eigenvalue weighted by atomic mass is 10.2. The van der Waals surface area contributed by atoms with Crippen molar-refractivity contribution in [2.24, 2.45) is 0 Å². The van der Waals surface area contributed by atoms with Crippen LogP contribution in [0, 0.1) is 6.92 Å². The fraction of sp³-hybridized carbons (Fsp3) is 0.458. The third kappa shape index (κ3) is 7.09. The van der Waals surface area contributed by atoms with Gasteiger partial charge in [0.2, 0.25) is 15.9 Å². The van der Waals surface area contributed by atoms with E-state index in [4.69, 9.17) is 25.8 Å². The summed E-state index contributed by atoms with van der Waals surface area (Å²) in [5, 5.41) is 3.47. The molecule has 0 aliphatic carbocycles. The molecule has 3 rings (SSSR count). The zero-order chi connectivity index (χ0) is 24.7. The van der Waals surface area contributed by atoms with Crippen LogP contribution in [0.4, 0.5) is 5.69 Å². The van der Waals surface area contributed by atoms with E-state index in [9.17, 15) is 13.2 Å². The molecule has 0 saturated carbocycles. The molecule has 2 aromatic carbocycles. The average molecular weight is 511 g/mol. The molecule has 2 aromatic rings. The number of benzene rings is 2. The minimum atomic E-state index is -3.71. The summed E-state index contributed by atoms with van der Waals surface area (Å²) in [6, 6.07) is 9.93. The van der Waals surface area contributed by atoms with Gasteiger partial charge < -0.3 is 19.5 Å². The number of nitrogens with zero attached hydrogens (tertiary/aromatic N) is 1. The number of hydrogen-bond acceptors (Lipinski definition) is 6. The fourth-order valence-electron chi connectivity index (χ4n) is 3.40. The second-order valence-electron chi connectivity index (χ2n) is 8.25. The zero-order valence-corrected chi connectivity index (χ0v) is 21.2. The second kappa shape index (κ2) is 11.9. The first-order valence-electron chi connectivity index (χ1n) is 11.2. The van der Waals surface area contributed by atoms with Crippen LogP contribution in [0.25, 0.3) is 0 Å². The van der Waals surface area contributed by atoms with E-state index in [0.717, 1.165) is 5.56 Å². The third-order valence-electron chi connectivity index (χ3n) is 5.14. The van der Waals surface area contributed by atoms with Gasteiger partial charge in [0.15, 0.2) is 0 Å². The van der Waals surface area contributed by atoms with Crippen molar-refractivity contribution in [1.29, 1.82) is 0 Å². The van der Waals surface area contributed by atoms with Crippen LogP contribution in [0.2, 0.25) is 5.02 Å². The van der Waals surface area contributed by atoms with Crippen molar-refractivity contribution in [2.75, 3.05) is 38.2 Å². The van der Waals surface area contributed by atoms with Crippen molar-refractivity contribution >= 4 is 33.2 Å². The van der Waals surface area contributed by atoms with Crippen LogP contribution >= 0.6 is 11.6 Å². The van der Waals surface area contributed by atoms with E-state index in [1.807, 2.05) is 26.8 Å². The SMILES string of the molecule is Cc1cc(OCCCC(=O)Nc2cc(S(=O)(=O)N3CCOCC3)ccc2OC(C)C)ccc1Cl. The molecule has 1 amide bonds. The van der Waals surface area contributed by atoms with Gasteiger partial charge in [-0.15, -0.1) is 0 Å². The van der Waals surface area contributed by atoms with E-state index in [1.54, 1.807) is 18.2 Å². The molecule has 0 unspecified atom stereocenters. The first-order chi connectivity index (χ1) is 16.2. The van der Waals surface area contributed by atoms with Crippen molar-refractivity contribution < 1.29 is 27.4 Å². The lowest BCUT2D eigenvalue weighted by Gasteiger charge is -2.26. The predicted octanol–water partition coefficient (Wildman–Crippen LogP) is 4.25. The van der Waals surface area contributed by atoms with Crippen LogP contribution < -0.4 is 14.8 Å². The van der Waals surface area contributed by atoms with E-state index >= 15 is 0 Å². The van der Waals surface area contributed by atoms with Gasteiger partial charge in [-0.2, -0.15) is 4.31 Å². The van der Waals surface area contributed by atoms with E-state index in [-0.39, 0.29) is 23.3 Å². The lowest BCUT2D eigenvalue weighted by Crippen LogP contribution is -2.40. The summed E-state index contributed by atoms with van der Waals surface area (Å²) in [6.45, 7) is 7.27. The smallest absolute Gasteiger partial charge is 0.243 e. The number of morpholine rings is 1. The van der Waals surface area contributed by atoms with Crippen LogP contribution in [0.3, 0.4) is 0 Å². The molecular weight excluding hydrogens is 480 g/mol. The molecule has 0 spiro atoms. The minimum absolute atomic E-state index is 0.0993. The van der Waals surface area contributed by atoms with Gasteiger partial charge in [0.1, 0.15) is 11.5 Å². The Labute approximate surface area is 206 Å². The van der Waals surface area contributed by atoms with Crippen molar-refractivity contribution in [1.82, 2.24) is 4.31 Å². The summed E-state index contributed by atoms with van der Waals surface area (Å²) >= 11 is 6.02. The van der Waals surface area contributed by atoms with E-state index in [2.05, 4.69) is 5.32 Å². The number of sulfonamides is 1. The Bertz CT molecular complexity index is 1100. The molecule has 8 nitrogen and oxygen atoms in total. The summed E-state index contributed by atoms with van der Waals surface area (Å²) < 4.78 is 44.2. The number of hydrogen-bond donors (Lipinski definition) is 1. The third-order valence-corrected chi connectivity index (χ3v) is 7.46. The molecule has 1 aliphatic heterocycles. The van der Waals surface area contributed by atoms with Crippen molar-refractivity contribution in [3.63, 3.8) is 0 Å². The number of halogens is 1. The van der Waals surface area contributed by atoms with Gasteiger partial charge >= 0.3 is 0 Å². The van der Waals surface area contributed by atoms with Gasteiger partial charge in [-0.05, 0) is 69.2 Å². The lowest BCUT2D eigenvalue weighted by molar-refractivity contribution is -0.116. The van der Waals surface area contributed by atoms with Gasteiger partial charge in [0.05, 0.1) is 36.5 Å². The van der Waals surface area contributed by atoms with Crippen LogP contribution in [0.1, 0.15) is 32.3 Å². The zero-order valence-electron chi connectivity index (χ0n) is 19.7. The van der Waals surface area contributed by atoms with Gasteiger partial charge in [-0.1, -0.05) is 11.6 Å². The molecule has 10 heteroatoms. The Morgan fingerprint density at radius 2 is 1.91 bits per heavy atom. The Kier molecular flexibility index (Phi) is 9.18. The van der Waals surface area contributed by atoms with Gasteiger partial charge in [0, 0.05) is 24.5 Å². The molecule has 0 bridgehead atoms. The molecule has 34 heavy (non-hydrogen) atoms. The number of aryl methyl sites for hydroxylation is 1. The first kappa shape index (κ1) is 26.3. The average Bonchev–Trinajstić information content (AvgIpc) is 2.80. The van der Waals surface area contributed by atoms with Crippen LogP contribution in [0.15, 0.2) is 41.3 Å². The number of nitrogens with one attached hydrogen (secondary N) is 1. The predicted molar refractivity (Wildman–Crippen MR) is 131 cm³/mol. The molecule has 186 valence electrons. The molecule has 0 aromatic heterocycles. The number of carbonyl (C=O) groups is 1. The topological polar surface area (TPSA) is 94.2 Å². The normalized spacial score (nSPS) is 14.7. The number of ether oxygens (including phenoxy) is 3.